The van der Waals surface area contributed by atoms with Crippen LogP contribution in [0.2, 0.25) is 0 Å². The van der Waals surface area contributed by atoms with Crippen LogP contribution in [0.4, 0.5) is 4.79 Å². The zero-order valence-corrected chi connectivity index (χ0v) is 23.4. The SMILES string of the molecule is CC(C)CCN(CCC(C)C)C(=O)c1ccc2nc(CC3CCN(C(=O)OC(C)(C)C)CC3)cn2c1. The van der Waals surface area contributed by atoms with E-state index in [4.69, 9.17) is 9.72 Å². The quantitative estimate of drug-likeness (QED) is 0.422. The molecule has 7 heteroatoms. The van der Waals surface area contributed by atoms with Gasteiger partial charge in [0.15, 0.2) is 0 Å². The molecule has 0 spiro atoms. The van der Waals surface area contributed by atoms with E-state index in [1.165, 1.54) is 0 Å². The maximum Gasteiger partial charge on any atom is 0.410 e. The number of likely N-dealkylation sites (tertiary alicyclic amines) is 1. The van der Waals surface area contributed by atoms with Crippen molar-refractivity contribution >= 4 is 17.6 Å². The van der Waals surface area contributed by atoms with E-state index in [0.29, 0.717) is 36.4 Å². The fourth-order valence-corrected chi connectivity index (χ4v) is 4.54. The van der Waals surface area contributed by atoms with E-state index in [9.17, 15) is 9.59 Å². The van der Waals surface area contributed by atoms with Crippen molar-refractivity contribution in [2.24, 2.45) is 17.8 Å². The number of nitrogens with zero attached hydrogens (tertiary/aromatic N) is 4. The molecule has 36 heavy (non-hydrogen) atoms. The predicted molar refractivity (Wildman–Crippen MR) is 144 cm³/mol. The third-order valence-electron chi connectivity index (χ3n) is 6.75. The molecule has 1 saturated heterocycles. The molecular formula is C29H46N4O3. The van der Waals surface area contributed by atoms with Gasteiger partial charge in [-0.25, -0.2) is 9.78 Å². The second-order valence-corrected chi connectivity index (χ2v) is 12.2. The summed E-state index contributed by atoms with van der Waals surface area (Å²) in [5.74, 6) is 1.71. The zero-order valence-electron chi connectivity index (χ0n) is 23.4. The molecule has 1 aliphatic rings. The fraction of sp³-hybridized carbons (Fsp3) is 0.690. The second kappa shape index (κ2) is 12.1. The summed E-state index contributed by atoms with van der Waals surface area (Å²) in [6, 6.07) is 3.86. The van der Waals surface area contributed by atoms with Gasteiger partial charge >= 0.3 is 6.09 Å². The number of carbonyl (C=O) groups excluding carboxylic acids is 2. The molecule has 2 aromatic heterocycles. The van der Waals surface area contributed by atoms with Crippen LogP contribution in [0.1, 0.15) is 90.2 Å². The Kier molecular flexibility index (Phi) is 9.42. The lowest BCUT2D eigenvalue weighted by Crippen LogP contribution is -2.42. The van der Waals surface area contributed by atoms with E-state index >= 15 is 0 Å². The molecule has 0 N–H and O–H groups in total. The Morgan fingerprint density at radius 2 is 1.64 bits per heavy atom. The number of amides is 2. The summed E-state index contributed by atoms with van der Waals surface area (Å²) in [4.78, 5) is 34.3. The minimum atomic E-state index is -0.468. The molecule has 0 radical (unpaired) electrons. The highest BCUT2D eigenvalue weighted by atomic mass is 16.6. The Morgan fingerprint density at radius 1 is 1.03 bits per heavy atom. The number of pyridine rings is 1. The Balaban J connectivity index is 1.62. The monoisotopic (exact) mass is 498 g/mol. The molecule has 1 aliphatic heterocycles. The van der Waals surface area contributed by atoms with Gasteiger partial charge in [0.2, 0.25) is 0 Å². The van der Waals surface area contributed by atoms with Gasteiger partial charge in [0.25, 0.3) is 5.91 Å². The smallest absolute Gasteiger partial charge is 0.410 e. The van der Waals surface area contributed by atoms with Crippen LogP contribution in [0.25, 0.3) is 5.65 Å². The first-order valence-corrected chi connectivity index (χ1v) is 13.7. The Labute approximate surface area is 217 Å². The minimum absolute atomic E-state index is 0.1000. The highest BCUT2D eigenvalue weighted by Crippen LogP contribution is 2.23. The van der Waals surface area contributed by atoms with E-state index in [1.807, 2.05) is 53.3 Å². The van der Waals surface area contributed by atoms with Crippen LogP contribution >= 0.6 is 0 Å². The number of piperidine rings is 1. The average Bonchev–Trinajstić information content (AvgIpc) is 3.19. The lowest BCUT2D eigenvalue weighted by Gasteiger charge is -2.33. The standard InChI is InChI=1S/C29H46N4O3/c1-21(2)10-14-31(15-11-22(3)4)27(34)24-8-9-26-30-25(20-33(26)19-24)18-23-12-16-32(17-13-23)28(35)36-29(5,6)7/h8-9,19-23H,10-18H2,1-7H3. The number of aromatic nitrogens is 2. The van der Waals surface area contributed by atoms with Gasteiger partial charge in [0, 0.05) is 38.6 Å². The third kappa shape index (κ3) is 8.24. The molecule has 0 aliphatic carbocycles. The molecule has 3 rings (SSSR count). The number of carbonyl (C=O) groups is 2. The summed E-state index contributed by atoms with van der Waals surface area (Å²) < 4.78 is 7.50. The van der Waals surface area contributed by atoms with Gasteiger partial charge in [-0.1, -0.05) is 27.7 Å². The molecule has 0 atom stereocenters. The fourth-order valence-electron chi connectivity index (χ4n) is 4.54. The van der Waals surface area contributed by atoms with Crippen LogP contribution in [-0.4, -0.2) is 63.0 Å². The molecule has 0 saturated carbocycles. The number of hydrogen-bond acceptors (Lipinski definition) is 4. The van der Waals surface area contributed by atoms with Crippen LogP contribution in [0.5, 0.6) is 0 Å². The molecule has 0 aromatic carbocycles. The molecule has 200 valence electrons. The third-order valence-corrected chi connectivity index (χ3v) is 6.75. The van der Waals surface area contributed by atoms with Crippen molar-refractivity contribution in [3.05, 3.63) is 35.8 Å². The van der Waals surface area contributed by atoms with Gasteiger partial charge in [0.1, 0.15) is 11.2 Å². The van der Waals surface area contributed by atoms with Crippen LogP contribution in [0, 0.1) is 17.8 Å². The van der Waals surface area contributed by atoms with Gasteiger partial charge < -0.3 is 18.9 Å². The summed E-state index contributed by atoms with van der Waals surface area (Å²) in [5.41, 5.74) is 2.14. The van der Waals surface area contributed by atoms with E-state index < -0.39 is 5.60 Å². The van der Waals surface area contributed by atoms with Gasteiger partial charge in [-0.3, -0.25) is 4.79 Å². The maximum atomic E-state index is 13.4. The Morgan fingerprint density at radius 3 is 2.19 bits per heavy atom. The number of imidazole rings is 1. The van der Waals surface area contributed by atoms with E-state index in [2.05, 4.69) is 33.9 Å². The molecule has 3 heterocycles. The molecule has 7 nitrogen and oxygen atoms in total. The summed E-state index contributed by atoms with van der Waals surface area (Å²) >= 11 is 0. The highest BCUT2D eigenvalue weighted by molar-refractivity contribution is 5.94. The molecule has 1 fully saturated rings. The van der Waals surface area contributed by atoms with Crippen molar-refractivity contribution in [3.8, 4) is 0 Å². The largest absolute Gasteiger partial charge is 0.444 e. The van der Waals surface area contributed by atoms with Crippen LogP contribution in [0.15, 0.2) is 24.5 Å². The second-order valence-electron chi connectivity index (χ2n) is 12.2. The van der Waals surface area contributed by atoms with Crippen molar-refractivity contribution < 1.29 is 14.3 Å². The van der Waals surface area contributed by atoms with Gasteiger partial charge in [0.05, 0.1) is 11.3 Å². The number of rotatable bonds is 9. The van der Waals surface area contributed by atoms with Crippen molar-refractivity contribution in [1.29, 1.82) is 0 Å². The van der Waals surface area contributed by atoms with Crippen molar-refractivity contribution in [2.45, 2.75) is 86.2 Å². The lowest BCUT2D eigenvalue weighted by atomic mass is 9.92. The van der Waals surface area contributed by atoms with E-state index in [0.717, 1.165) is 56.5 Å². The molecule has 2 aromatic rings. The van der Waals surface area contributed by atoms with Crippen LogP contribution in [-0.2, 0) is 11.2 Å². The summed E-state index contributed by atoms with van der Waals surface area (Å²) in [6.07, 6.45) is 8.54. The zero-order chi connectivity index (χ0) is 26.5. The Bertz CT molecular complexity index is 1000. The molecule has 2 amide bonds. The number of fused-ring (bicyclic) bond motifs is 1. The minimum Gasteiger partial charge on any atom is -0.444 e. The first-order valence-electron chi connectivity index (χ1n) is 13.7. The summed E-state index contributed by atoms with van der Waals surface area (Å²) in [6.45, 7) is 17.5. The van der Waals surface area contributed by atoms with Gasteiger partial charge in [-0.2, -0.15) is 0 Å². The summed E-state index contributed by atoms with van der Waals surface area (Å²) in [5, 5.41) is 0. The first-order chi connectivity index (χ1) is 16.9. The average molecular weight is 499 g/mol. The lowest BCUT2D eigenvalue weighted by molar-refractivity contribution is 0.0184. The number of hydrogen-bond donors (Lipinski definition) is 0. The molecular weight excluding hydrogens is 452 g/mol. The van der Waals surface area contributed by atoms with Crippen LogP contribution in [0.3, 0.4) is 0 Å². The van der Waals surface area contributed by atoms with Crippen molar-refractivity contribution in [2.75, 3.05) is 26.2 Å². The first kappa shape index (κ1) is 28.0. The van der Waals surface area contributed by atoms with Crippen LogP contribution < -0.4 is 0 Å². The van der Waals surface area contributed by atoms with E-state index in [-0.39, 0.29) is 12.0 Å². The molecule has 0 unspecified atom stereocenters. The number of ether oxygens (including phenoxy) is 1. The normalized spacial score (nSPS) is 15.2. The topological polar surface area (TPSA) is 67.2 Å². The maximum absolute atomic E-state index is 13.4. The van der Waals surface area contributed by atoms with Crippen molar-refractivity contribution in [1.82, 2.24) is 19.2 Å². The molecule has 0 bridgehead atoms. The van der Waals surface area contributed by atoms with Gasteiger partial charge in [-0.05, 0) is 82.8 Å². The van der Waals surface area contributed by atoms with Gasteiger partial charge in [-0.15, -0.1) is 0 Å². The highest BCUT2D eigenvalue weighted by Gasteiger charge is 2.27. The predicted octanol–water partition coefficient (Wildman–Crippen LogP) is 6.06. The van der Waals surface area contributed by atoms with Crippen molar-refractivity contribution in [3.63, 3.8) is 0 Å². The van der Waals surface area contributed by atoms with E-state index in [1.54, 1.807) is 0 Å². The Hall–Kier alpha value is -2.57. The summed E-state index contributed by atoms with van der Waals surface area (Å²) in [7, 11) is 0.